The number of benzene rings is 1. The molecule has 0 aliphatic carbocycles. The molecule has 84 valence electrons. The predicted molar refractivity (Wildman–Crippen MR) is 56.6 cm³/mol. The van der Waals surface area contributed by atoms with Crippen LogP contribution in [0.5, 0.6) is 5.75 Å². The summed E-state index contributed by atoms with van der Waals surface area (Å²) in [6.07, 6.45) is 0. The molecule has 0 saturated carbocycles. The predicted octanol–water partition coefficient (Wildman–Crippen LogP) is 3.92. The molecule has 0 N–H and O–H groups in total. The van der Waals surface area contributed by atoms with E-state index in [4.69, 9.17) is 16.3 Å². The lowest BCUT2D eigenvalue weighted by molar-refractivity contribution is 0.400. The molecule has 0 fully saturated rings. The Kier molecular flexibility index (Phi) is 3.24. The van der Waals surface area contributed by atoms with E-state index < -0.39 is 17.0 Å². The van der Waals surface area contributed by atoms with Crippen molar-refractivity contribution in [3.63, 3.8) is 0 Å². The van der Waals surface area contributed by atoms with E-state index in [1.807, 2.05) is 0 Å². The van der Waals surface area contributed by atoms with Crippen molar-refractivity contribution in [2.75, 3.05) is 7.11 Å². The Morgan fingerprint density at radius 3 is 2.20 bits per heavy atom. The van der Waals surface area contributed by atoms with Crippen LogP contribution < -0.4 is 4.74 Å². The molecule has 1 nitrogen and oxygen atoms in total. The number of halogens is 3. The van der Waals surface area contributed by atoms with Crippen molar-refractivity contribution in [1.29, 1.82) is 0 Å². The molecule has 1 aromatic carbocycles. The summed E-state index contributed by atoms with van der Waals surface area (Å²) in [6.45, 7) is 5.16. The molecule has 4 heteroatoms. The van der Waals surface area contributed by atoms with Crippen LogP contribution in [0.3, 0.4) is 0 Å². The Bertz CT molecular complexity index is 383. The molecule has 0 unspecified atom stereocenters. The summed E-state index contributed by atoms with van der Waals surface area (Å²) in [4.78, 5) is 0. The molecule has 0 radical (unpaired) electrons. The topological polar surface area (TPSA) is 9.23 Å². The summed E-state index contributed by atoms with van der Waals surface area (Å²) in [6, 6.07) is 1.10. The minimum Gasteiger partial charge on any atom is -0.495 e. The lowest BCUT2D eigenvalue weighted by atomic mass is 9.86. The molecular weight excluding hydrogens is 222 g/mol. The van der Waals surface area contributed by atoms with Crippen LogP contribution in [0, 0.1) is 11.6 Å². The van der Waals surface area contributed by atoms with Crippen molar-refractivity contribution in [2.45, 2.75) is 26.2 Å². The van der Waals surface area contributed by atoms with Crippen molar-refractivity contribution in [3.8, 4) is 5.75 Å². The Balaban J connectivity index is 3.50. The number of rotatable bonds is 1. The number of methoxy groups -OCH3 is 1. The van der Waals surface area contributed by atoms with Gasteiger partial charge in [-0.05, 0) is 5.41 Å². The van der Waals surface area contributed by atoms with Crippen molar-refractivity contribution in [2.24, 2.45) is 0 Å². The Morgan fingerprint density at radius 2 is 1.80 bits per heavy atom. The SMILES string of the molecule is COc1cc(F)c(C(C)(C)C)c(F)c1Cl. The molecule has 1 aromatic rings. The summed E-state index contributed by atoms with van der Waals surface area (Å²) in [5, 5.41) is -0.177. The van der Waals surface area contributed by atoms with Crippen molar-refractivity contribution < 1.29 is 13.5 Å². The summed E-state index contributed by atoms with van der Waals surface area (Å²) in [7, 11) is 1.32. The van der Waals surface area contributed by atoms with Gasteiger partial charge in [-0.1, -0.05) is 32.4 Å². The lowest BCUT2D eigenvalue weighted by Gasteiger charge is -2.21. The van der Waals surface area contributed by atoms with Gasteiger partial charge in [-0.15, -0.1) is 0 Å². The van der Waals surface area contributed by atoms with E-state index >= 15 is 0 Å². The van der Waals surface area contributed by atoms with Crippen molar-refractivity contribution >= 4 is 11.6 Å². The fourth-order valence-corrected chi connectivity index (χ4v) is 1.64. The van der Waals surface area contributed by atoms with Gasteiger partial charge < -0.3 is 4.74 Å². The zero-order valence-electron chi connectivity index (χ0n) is 9.12. The molecule has 0 atom stereocenters. The van der Waals surface area contributed by atoms with Gasteiger partial charge in [0.2, 0.25) is 0 Å². The molecule has 0 aromatic heterocycles. The third-order valence-corrected chi connectivity index (χ3v) is 2.45. The molecule has 0 heterocycles. The fourth-order valence-electron chi connectivity index (χ4n) is 1.41. The molecule has 0 amide bonds. The van der Waals surface area contributed by atoms with E-state index in [1.165, 1.54) is 7.11 Å². The lowest BCUT2D eigenvalue weighted by Crippen LogP contribution is -2.16. The highest BCUT2D eigenvalue weighted by Crippen LogP contribution is 2.36. The molecular formula is C11H13ClF2O. The zero-order chi connectivity index (χ0) is 11.8. The molecule has 0 bridgehead atoms. The summed E-state index contributed by atoms with van der Waals surface area (Å²) < 4.78 is 32.1. The van der Waals surface area contributed by atoms with Gasteiger partial charge >= 0.3 is 0 Å². The summed E-state index contributed by atoms with van der Waals surface area (Å²) in [5.74, 6) is -1.37. The molecule has 15 heavy (non-hydrogen) atoms. The van der Waals surface area contributed by atoms with Crippen LogP contribution in [0.2, 0.25) is 5.02 Å². The van der Waals surface area contributed by atoms with Crippen LogP contribution in [-0.2, 0) is 5.41 Å². The highest BCUT2D eigenvalue weighted by atomic mass is 35.5. The zero-order valence-corrected chi connectivity index (χ0v) is 9.88. The number of hydrogen-bond donors (Lipinski definition) is 0. The van der Waals surface area contributed by atoms with E-state index in [0.717, 1.165) is 6.07 Å². The van der Waals surface area contributed by atoms with E-state index in [0.29, 0.717) is 0 Å². The second-order valence-electron chi connectivity index (χ2n) is 4.31. The molecule has 1 rings (SSSR count). The largest absolute Gasteiger partial charge is 0.495 e. The van der Waals surface area contributed by atoms with Crippen molar-refractivity contribution in [1.82, 2.24) is 0 Å². The minimum atomic E-state index is -0.749. The first kappa shape index (κ1) is 12.2. The maximum atomic E-state index is 13.8. The highest BCUT2D eigenvalue weighted by molar-refractivity contribution is 6.32. The Labute approximate surface area is 93.0 Å². The quantitative estimate of drug-likeness (QED) is 0.669. The maximum Gasteiger partial charge on any atom is 0.152 e. The normalized spacial score (nSPS) is 11.7. The van der Waals surface area contributed by atoms with Gasteiger partial charge in [0.05, 0.1) is 7.11 Å². The van der Waals surface area contributed by atoms with Gasteiger partial charge in [0.25, 0.3) is 0 Å². The minimum absolute atomic E-state index is 0.0136. The van der Waals surface area contributed by atoms with Crippen LogP contribution >= 0.6 is 11.6 Å². The van der Waals surface area contributed by atoms with Crippen LogP contribution in [0.1, 0.15) is 26.3 Å². The van der Waals surface area contributed by atoms with Crippen molar-refractivity contribution in [3.05, 3.63) is 28.3 Å². The average molecular weight is 235 g/mol. The fraction of sp³-hybridized carbons (Fsp3) is 0.455. The van der Waals surface area contributed by atoms with Crippen LogP contribution in [0.15, 0.2) is 6.07 Å². The van der Waals surface area contributed by atoms with E-state index in [-0.39, 0.29) is 16.3 Å². The second-order valence-corrected chi connectivity index (χ2v) is 4.69. The monoisotopic (exact) mass is 234 g/mol. The summed E-state index contributed by atoms with van der Waals surface area (Å²) in [5.41, 5.74) is -0.655. The van der Waals surface area contributed by atoms with Crippen LogP contribution in [-0.4, -0.2) is 7.11 Å². The first-order chi connectivity index (χ1) is 6.79. The van der Waals surface area contributed by atoms with Gasteiger partial charge in [0.1, 0.15) is 16.6 Å². The molecule has 0 aliphatic heterocycles. The number of hydrogen-bond acceptors (Lipinski definition) is 1. The number of ether oxygens (including phenoxy) is 1. The Morgan fingerprint density at radius 1 is 1.27 bits per heavy atom. The standard InChI is InChI=1S/C11H13ClF2O/c1-11(2,3)8-6(13)5-7(15-4)9(12)10(8)14/h5H,1-4H3. The van der Waals surface area contributed by atoms with Gasteiger partial charge in [0, 0.05) is 11.6 Å². The first-order valence-corrected chi connectivity index (χ1v) is 4.88. The van der Waals surface area contributed by atoms with Gasteiger partial charge in [-0.2, -0.15) is 0 Å². The highest BCUT2D eigenvalue weighted by Gasteiger charge is 2.26. The van der Waals surface area contributed by atoms with Crippen LogP contribution in [0.25, 0.3) is 0 Å². The smallest absolute Gasteiger partial charge is 0.152 e. The third kappa shape index (κ3) is 2.23. The van der Waals surface area contributed by atoms with Gasteiger partial charge in [-0.3, -0.25) is 0 Å². The maximum absolute atomic E-state index is 13.8. The van der Waals surface area contributed by atoms with E-state index in [1.54, 1.807) is 20.8 Å². The summed E-state index contributed by atoms with van der Waals surface area (Å²) >= 11 is 5.71. The molecule has 0 aliphatic rings. The molecule has 0 saturated heterocycles. The van der Waals surface area contributed by atoms with Gasteiger partial charge in [0.15, 0.2) is 5.82 Å². The average Bonchev–Trinajstić information content (AvgIpc) is 2.09. The van der Waals surface area contributed by atoms with E-state index in [9.17, 15) is 8.78 Å². The third-order valence-electron chi connectivity index (χ3n) is 2.10. The van der Waals surface area contributed by atoms with Crippen LogP contribution in [0.4, 0.5) is 8.78 Å². The Hall–Kier alpha value is -0.830. The van der Waals surface area contributed by atoms with E-state index in [2.05, 4.69) is 0 Å². The van der Waals surface area contributed by atoms with Gasteiger partial charge in [-0.25, -0.2) is 8.78 Å². The molecule has 0 spiro atoms. The second kappa shape index (κ2) is 3.97. The first-order valence-electron chi connectivity index (χ1n) is 4.51.